The number of nitrogens with zero attached hydrogens (tertiary/aromatic N) is 5. The van der Waals surface area contributed by atoms with Crippen molar-refractivity contribution < 1.29 is 24.4 Å². The van der Waals surface area contributed by atoms with Gasteiger partial charge in [0.2, 0.25) is 0 Å². The normalized spacial score (nSPS) is 17.2. The van der Waals surface area contributed by atoms with Crippen molar-refractivity contribution in [2.24, 2.45) is 5.92 Å². The minimum Gasteiger partial charge on any atom is -0.494 e. The summed E-state index contributed by atoms with van der Waals surface area (Å²) in [6, 6.07) is 16.4. The average molecular weight is 760 g/mol. The molecule has 0 amide bonds. The third-order valence-corrected chi connectivity index (χ3v) is 13.5. The molecule has 1 fully saturated rings. The lowest BCUT2D eigenvalue weighted by molar-refractivity contribution is 0.0300. The number of pyridine rings is 1. The highest BCUT2D eigenvalue weighted by atomic mass is 28.3. The number of fused-ring (bicyclic) bond motifs is 1. The molecule has 3 heterocycles. The minimum atomic E-state index is -1.32. The molecule has 1 aliphatic carbocycles. The van der Waals surface area contributed by atoms with Crippen LogP contribution in [0.1, 0.15) is 49.8 Å². The van der Waals surface area contributed by atoms with Gasteiger partial charge in [0.25, 0.3) is 0 Å². The van der Waals surface area contributed by atoms with Crippen LogP contribution < -0.4 is 4.90 Å². The number of aliphatic hydroxyl groups is 2. The van der Waals surface area contributed by atoms with Crippen molar-refractivity contribution in [1.82, 2.24) is 19.6 Å². The summed E-state index contributed by atoms with van der Waals surface area (Å²) in [5.74, 6) is 1.44. The third kappa shape index (κ3) is 10.9. The number of benzene rings is 1. The maximum Gasteiger partial charge on any atom is 0.165 e. The Hall–Kier alpha value is -3.40. The lowest BCUT2D eigenvalue weighted by Gasteiger charge is -2.34. The lowest BCUT2D eigenvalue weighted by atomic mass is 9.77. The molecule has 1 unspecified atom stereocenters. The van der Waals surface area contributed by atoms with Crippen molar-refractivity contribution >= 4 is 33.4 Å². The molecule has 288 valence electrons. The van der Waals surface area contributed by atoms with Crippen LogP contribution in [-0.2, 0) is 14.2 Å². The van der Waals surface area contributed by atoms with E-state index in [0.717, 1.165) is 77.2 Å². The van der Waals surface area contributed by atoms with Gasteiger partial charge in [-0.3, -0.25) is 4.98 Å². The van der Waals surface area contributed by atoms with Crippen molar-refractivity contribution in [1.29, 1.82) is 0 Å². The highest BCUT2D eigenvalue weighted by Gasteiger charge is 2.34. The molecular weight excluding hydrogens is 699 g/mol. The van der Waals surface area contributed by atoms with E-state index in [9.17, 15) is 10.2 Å². The standard InChI is InChI=1S/C41H61N5O5Si2/c1-9-51-30(2)38-39(33-17-15-32(16-18-33)37(48)27-47)44-40-35(34-19-20-36(42-25-34)31-13-11-10-12-14-31)26-43-46(40)41(38)45(28-49-21-23-52(3,4)5)29-50-22-24-53(6,7)8/h10-14,19-20,25-26,32-33,37,47-48H,2,9,15-18,21-24,27-29H2,1,3-8H3. The van der Waals surface area contributed by atoms with Crippen LogP contribution in [0.4, 0.5) is 5.82 Å². The van der Waals surface area contributed by atoms with Crippen LogP contribution in [-0.4, -0.2) is 91.9 Å². The first kappa shape index (κ1) is 40.8. The van der Waals surface area contributed by atoms with Crippen LogP contribution in [0.15, 0.2) is 61.4 Å². The molecule has 5 rings (SSSR count). The average Bonchev–Trinajstić information content (AvgIpc) is 3.57. The summed E-state index contributed by atoms with van der Waals surface area (Å²) in [6.07, 6.45) is 6.24. The summed E-state index contributed by atoms with van der Waals surface area (Å²) in [6.45, 7) is 22.7. The summed E-state index contributed by atoms with van der Waals surface area (Å²) in [4.78, 5) is 12.4. The fourth-order valence-electron chi connectivity index (χ4n) is 6.83. The predicted octanol–water partition coefficient (Wildman–Crippen LogP) is 8.52. The van der Waals surface area contributed by atoms with E-state index in [2.05, 4.69) is 69.0 Å². The maximum absolute atomic E-state index is 10.5. The second kappa shape index (κ2) is 18.3. The molecule has 0 spiro atoms. The number of anilines is 1. The van der Waals surface area contributed by atoms with Crippen LogP contribution in [0.2, 0.25) is 51.4 Å². The highest BCUT2D eigenvalue weighted by molar-refractivity contribution is 6.76. The van der Waals surface area contributed by atoms with Crippen molar-refractivity contribution in [2.75, 3.05) is 44.8 Å². The molecule has 0 radical (unpaired) electrons. The van der Waals surface area contributed by atoms with Crippen molar-refractivity contribution in [3.8, 4) is 22.4 Å². The van der Waals surface area contributed by atoms with Gasteiger partial charge < -0.3 is 29.3 Å². The van der Waals surface area contributed by atoms with Crippen LogP contribution in [0.5, 0.6) is 0 Å². The van der Waals surface area contributed by atoms with Crippen LogP contribution in [0.3, 0.4) is 0 Å². The Morgan fingerprint density at radius 2 is 1.55 bits per heavy atom. The first-order valence-corrected chi connectivity index (χ1v) is 26.7. The molecule has 3 aromatic heterocycles. The van der Waals surface area contributed by atoms with Gasteiger partial charge in [0, 0.05) is 58.2 Å². The molecule has 1 aromatic carbocycles. The van der Waals surface area contributed by atoms with Crippen molar-refractivity contribution in [2.45, 2.75) is 96.0 Å². The fourth-order valence-corrected chi connectivity index (χ4v) is 8.34. The van der Waals surface area contributed by atoms with Gasteiger partial charge in [-0.1, -0.05) is 82.3 Å². The number of aliphatic hydroxyl groups excluding tert-OH is 2. The van der Waals surface area contributed by atoms with Gasteiger partial charge in [-0.15, -0.1) is 0 Å². The molecule has 1 atom stereocenters. The fraction of sp³-hybridized carbons (Fsp3) is 0.537. The molecule has 10 nitrogen and oxygen atoms in total. The summed E-state index contributed by atoms with van der Waals surface area (Å²) in [7, 11) is -2.65. The molecule has 53 heavy (non-hydrogen) atoms. The Bertz CT molecular complexity index is 1740. The second-order valence-electron chi connectivity index (χ2n) is 16.7. The summed E-state index contributed by atoms with van der Waals surface area (Å²) in [5.41, 5.74) is 6.16. The van der Waals surface area contributed by atoms with E-state index in [-0.39, 0.29) is 18.4 Å². The van der Waals surface area contributed by atoms with E-state index >= 15 is 0 Å². The lowest BCUT2D eigenvalue weighted by Crippen LogP contribution is -2.35. The zero-order valence-electron chi connectivity index (χ0n) is 33.0. The smallest absolute Gasteiger partial charge is 0.165 e. The van der Waals surface area contributed by atoms with Crippen LogP contribution in [0.25, 0.3) is 33.8 Å². The predicted molar refractivity (Wildman–Crippen MR) is 221 cm³/mol. The minimum absolute atomic E-state index is 0.0498. The number of ether oxygens (including phenoxy) is 3. The van der Waals surface area contributed by atoms with Crippen molar-refractivity contribution in [3.05, 3.63) is 72.7 Å². The van der Waals surface area contributed by atoms with Gasteiger partial charge in [-0.05, 0) is 56.7 Å². The van der Waals surface area contributed by atoms with E-state index in [1.165, 1.54) is 0 Å². The zero-order valence-corrected chi connectivity index (χ0v) is 35.0. The quantitative estimate of drug-likeness (QED) is 0.0420. The van der Waals surface area contributed by atoms with Crippen molar-refractivity contribution in [3.63, 3.8) is 0 Å². The molecule has 0 saturated heterocycles. The van der Waals surface area contributed by atoms with Gasteiger partial charge in [0.05, 0.1) is 42.5 Å². The molecule has 12 heteroatoms. The Labute approximate surface area is 318 Å². The number of hydrogen-bond acceptors (Lipinski definition) is 9. The second-order valence-corrected chi connectivity index (χ2v) is 28.0. The van der Waals surface area contributed by atoms with Gasteiger partial charge in [-0.25, -0.2) is 4.98 Å². The molecule has 0 bridgehead atoms. The summed E-state index contributed by atoms with van der Waals surface area (Å²) >= 11 is 0. The molecule has 0 aliphatic heterocycles. The maximum atomic E-state index is 10.5. The monoisotopic (exact) mass is 759 g/mol. The van der Waals surface area contributed by atoms with E-state index in [0.29, 0.717) is 44.7 Å². The van der Waals surface area contributed by atoms with Gasteiger partial charge in [0.1, 0.15) is 25.0 Å². The topological polar surface area (TPSA) is 114 Å². The Balaban J connectivity index is 1.65. The Morgan fingerprint density at radius 1 is 0.906 bits per heavy atom. The zero-order chi connectivity index (χ0) is 38.2. The van der Waals surface area contributed by atoms with Crippen LogP contribution in [0, 0.1) is 5.92 Å². The third-order valence-electron chi connectivity index (χ3n) is 10.1. The van der Waals surface area contributed by atoms with E-state index < -0.39 is 22.3 Å². The SMILES string of the molecule is C=C(OCC)c1c(C2CCC(C(O)CO)CC2)nc2c(-c3ccc(-c4ccccc4)nc3)cnn2c1N(COCC[Si](C)(C)C)COCC[Si](C)(C)C. The molecule has 4 aromatic rings. The Morgan fingerprint density at radius 3 is 2.09 bits per heavy atom. The van der Waals surface area contributed by atoms with E-state index in [4.69, 9.17) is 29.3 Å². The first-order valence-electron chi connectivity index (χ1n) is 19.2. The number of rotatable bonds is 19. The van der Waals surface area contributed by atoms with E-state index in [1.54, 1.807) is 0 Å². The molecule has 1 aliphatic rings. The van der Waals surface area contributed by atoms with Gasteiger partial charge in [0.15, 0.2) is 5.65 Å². The highest BCUT2D eigenvalue weighted by Crippen LogP contribution is 2.43. The molecular formula is C41H61N5O5Si2. The molecule has 1 saturated carbocycles. The molecule has 2 N–H and O–H groups in total. The summed E-state index contributed by atoms with van der Waals surface area (Å²) in [5, 5.41) is 25.2. The Kier molecular flexibility index (Phi) is 14.1. The summed E-state index contributed by atoms with van der Waals surface area (Å²) < 4.78 is 21.0. The van der Waals surface area contributed by atoms with Gasteiger partial charge in [-0.2, -0.15) is 9.61 Å². The number of hydrogen-bond donors (Lipinski definition) is 2. The number of aromatic nitrogens is 4. The van der Waals surface area contributed by atoms with Gasteiger partial charge >= 0.3 is 0 Å². The first-order chi connectivity index (χ1) is 25.3. The van der Waals surface area contributed by atoms with Crippen LogP contribution >= 0.6 is 0 Å². The van der Waals surface area contributed by atoms with E-state index in [1.807, 2.05) is 48.1 Å². The largest absolute Gasteiger partial charge is 0.494 e.